The molecule has 0 atom stereocenters. The maximum Gasteiger partial charge on any atom is 0.0684 e. The van der Waals surface area contributed by atoms with Crippen LogP contribution in [0.3, 0.4) is 0 Å². The fraction of sp³-hybridized carbons (Fsp3) is 0.455. The van der Waals surface area contributed by atoms with E-state index in [4.69, 9.17) is 5.11 Å². The first-order valence-electron chi connectivity index (χ1n) is 4.51. The zero-order valence-electron chi connectivity index (χ0n) is 7.38. The lowest BCUT2D eigenvalue weighted by atomic mass is 10.0. The highest BCUT2D eigenvalue weighted by atomic mass is 16.3. The van der Waals surface area contributed by atoms with Crippen LogP contribution in [0, 0.1) is 6.92 Å². The van der Waals surface area contributed by atoms with E-state index in [2.05, 4.69) is 25.1 Å². The summed E-state index contributed by atoms with van der Waals surface area (Å²) in [7, 11) is 0. The maximum atomic E-state index is 9.12. The van der Waals surface area contributed by atoms with Crippen LogP contribution >= 0.6 is 0 Å². The Morgan fingerprint density at radius 2 is 2.17 bits per heavy atom. The third-order valence-electron chi connectivity index (χ3n) is 2.49. The van der Waals surface area contributed by atoms with Crippen molar-refractivity contribution in [2.24, 2.45) is 0 Å². The number of hydrogen-bond acceptors (Lipinski definition) is 1. The van der Waals surface area contributed by atoms with Crippen molar-refractivity contribution in [3.8, 4) is 0 Å². The van der Waals surface area contributed by atoms with Crippen molar-refractivity contribution < 1.29 is 5.11 Å². The van der Waals surface area contributed by atoms with Gasteiger partial charge in [-0.1, -0.05) is 23.8 Å². The van der Waals surface area contributed by atoms with Gasteiger partial charge in [0.2, 0.25) is 0 Å². The molecule has 1 N–H and O–H groups in total. The number of aliphatic hydroxyl groups is 1. The summed E-state index contributed by atoms with van der Waals surface area (Å²) < 4.78 is 0. The normalized spacial score (nSPS) is 16.5. The molecule has 0 radical (unpaired) electrons. The molecule has 64 valence electrons. The minimum absolute atomic E-state index is 0.188. The summed E-state index contributed by atoms with van der Waals surface area (Å²) in [6.07, 6.45) is 2.60. The number of aryl methyl sites for hydroxylation is 1. The Balaban J connectivity index is 2.38. The SMILES string of the molecule is Cc1ccc(C2CC2)c(CO)c1. The second-order valence-electron chi connectivity index (χ2n) is 3.63. The highest BCUT2D eigenvalue weighted by molar-refractivity contribution is 5.35. The molecule has 1 aliphatic carbocycles. The highest BCUT2D eigenvalue weighted by Gasteiger charge is 2.25. The molecule has 0 unspecified atom stereocenters. The molecule has 1 saturated carbocycles. The molecule has 0 aliphatic heterocycles. The van der Waals surface area contributed by atoms with Crippen molar-refractivity contribution in [1.29, 1.82) is 0 Å². The van der Waals surface area contributed by atoms with Gasteiger partial charge in [0.15, 0.2) is 0 Å². The fourth-order valence-electron chi connectivity index (χ4n) is 1.66. The topological polar surface area (TPSA) is 20.2 Å². The van der Waals surface area contributed by atoms with Gasteiger partial charge in [-0.25, -0.2) is 0 Å². The van der Waals surface area contributed by atoms with E-state index in [9.17, 15) is 0 Å². The molecule has 0 spiro atoms. The zero-order valence-corrected chi connectivity index (χ0v) is 7.38. The molecule has 0 saturated heterocycles. The third kappa shape index (κ3) is 1.37. The monoisotopic (exact) mass is 162 g/mol. The van der Waals surface area contributed by atoms with Gasteiger partial charge in [-0.3, -0.25) is 0 Å². The average Bonchev–Trinajstić information content (AvgIpc) is 2.87. The van der Waals surface area contributed by atoms with Gasteiger partial charge in [-0.15, -0.1) is 0 Å². The highest BCUT2D eigenvalue weighted by Crippen LogP contribution is 2.41. The van der Waals surface area contributed by atoms with Crippen LogP contribution in [0.1, 0.15) is 35.4 Å². The van der Waals surface area contributed by atoms with Crippen LogP contribution < -0.4 is 0 Å². The van der Waals surface area contributed by atoms with E-state index in [1.807, 2.05) is 0 Å². The van der Waals surface area contributed by atoms with E-state index in [-0.39, 0.29) is 6.61 Å². The lowest BCUT2D eigenvalue weighted by Crippen LogP contribution is -1.92. The summed E-state index contributed by atoms with van der Waals surface area (Å²) in [4.78, 5) is 0. The van der Waals surface area contributed by atoms with Gasteiger partial charge in [0.05, 0.1) is 6.61 Å². The van der Waals surface area contributed by atoms with Crippen molar-refractivity contribution in [3.05, 3.63) is 34.9 Å². The Kier molecular flexibility index (Phi) is 1.89. The van der Waals surface area contributed by atoms with Crippen LogP contribution in [0.2, 0.25) is 0 Å². The zero-order chi connectivity index (χ0) is 8.55. The Bertz CT molecular complexity index is 287. The van der Waals surface area contributed by atoms with Gasteiger partial charge in [0, 0.05) is 0 Å². The van der Waals surface area contributed by atoms with Crippen LogP contribution in [0.4, 0.5) is 0 Å². The van der Waals surface area contributed by atoms with Crippen LogP contribution in [-0.2, 0) is 6.61 Å². The molecule has 0 amide bonds. The lowest BCUT2D eigenvalue weighted by Gasteiger charge is -2.06. The Labute approximate surface area is 73.0 Å². The second-order valence-corrected chi connectivity index (χ2v) is 3.63. The van der Waals surface area contributed by atoms with Gasteiger partial charge in [-0.2, -0.15) is 0 Å². The molecule has 1 aromatic rings. The van der Waals surface area contributed by atoms with E-state index in [0.717, 1.165) is 11.5 Å². The molecular weight excluding hydrogens is 148 g/mol. The van der Waals surface area contributed by atoms with Crippen LogP contribution in [-0.4, -0.2) is 5.11 Å². The summed E-state index contributed by atoms with van der Waals surface area (Å²) >= 11 is 0. The quantitative estimate of drug-likeness (QED) is 0.707. The van der Waals surface area contributed by atoms with Crippen molar-refractivity contribution in [3.63, 3.8) is 0 Å². The largest absolute Gasteiger partial charge is 0.392 e. The summed E-state index contributed by atoms with van der Waals surface area (Å²) in [5.74, 6) is 0.743. The molecule has 1 nitrogen and oxygen atoms in total. The van der Waals surface area contributed by atoms with Gasteiger partial charge in [-0.05, 0) is 36.8 Å². The number of aliphatic hydroxyl groups excluding tert-OH is 1. The van der Waals surface area contributed by atoms with E-state index in [0.29, 0.717) is 0 Å². The van der Waals surface area contributed by atoms with Gasteiger partial charge in [0.1, 0.15) is 0 Å². The number of hydrogen-bond donors (Lipinski definition) is 1. The molecule has 0 bridgehead atoms. The Hall–Kier alpha value is -0.820. The van der Waals surface area contributed by atoms with Crippen molar-refractivity contribution >= 4 is 0 Å². The molecule has 1 aromatic carbocycles. The van der Waals surface area contributed by atoms with Gasteiger partial charge in [0.25, 0.3) is 0 Å². The molecule has 2 rings (SSSR count). The number of benzene rings is 1. The van der Waals surface area contributed by atoms with E-state index in [1.165, 1.54) is 24.0 Å². The fourth-order valence-corrected chi connectivity index (χ4v) is 1.66. The minimum atomic E-state index is 0.188. The first kappa shape index (κ1) is 7.81. The summed E-state index contributed by atoms with van der Waals surface area (Å²) in [5.41, 5.74) is 3.73. The summed E-state index contributed by atoms with van der Waals surface area (Å²) in [6.45, 7) is 2.25. The van der Waals surface area contributed by atoms with Crippen molar-refractivity contribution in [1.82, 2.24) is 0 Å². The molecule has 1 heteroatoms. The van der Waals surface area contributed by atoms with E-state index in [1.54, 1.807) is 0 Å². The molecule has 0 aromatic heterocycles. The van der Waals surface area contributed by atoms with E-state index >= 15 is 0 Å². The molecule has 1 aliphatic rings. The predicted molar refractivity (Wildman–Crippen MR) is 49.1 cm³/mol. The second kappa shape index (κ2) is 2.91. The van der Waals surface area contributed by atoms with Crippen LogP contribution in [0.25, 0.3) is 0 Å². The summed E-state index contributed by atoms with van der Waals surface area (Å²) in [6, 6.07) is 6.39. The van der Waals surface area contributed by atoms with Gasteiger partial charge >= 0.3 is 0 Å². The average molecular weight is 162 g/mol. The first-order chi connectivity index (χ1) is 5.81. The van der Waals surface area contributed by atoms with Gasteiger partial charge < -0.3 is 5.11 Å². The molecule has 12 heavy (non-hydrogen) atoms. The van der Waals surface area contributed by atoms with Crippen molar-refractivity contribution in [2.75, 3.05) is 0 Å². The molecule has 0 heterocycles. The van der Waals surface area contributed by atoms with Crippen LogP contribution in [0.15, 0.2) is 18.2 Å². The lowest BCUT2D eigenvalue weighted by molar-refractivity contribution is 0.280. The minimum Gasteiger partial charge on any atom is -0.392 e. The number of rotatable bonds is 2. The molecule has 1 fully saturated rings. The standard InChI is InChI=1S/C11H14O/c1-8-2-5-11(9-3-4-9)10(6-8)7-12/h2,5-6,9,12H,3-4,7H2,1H3. The maximum absolute atomic E-state index is 9.12. The summed E-state index contributed by atoms with van der Waals surface area (Å²) in [5, 5.41) is 9.12. The van der Waals surface area contributed by atoms with E-state index < -0.39 is 0 Å². The van der Waals surface area contributed by atoms with Crippen LogP contribution in [0.5, 0.6) is 0 Å². The van der Waals surface area contributed by atoms with Crippen molar-refractivity contribution in [2.45, 2.75) is 32.3 Å². The molecular formula is C11H14O. The predicted octanol–water partition coefficient (Wildman–Crippen LogP) is 2.36. The first-order valence-corrected chi connectivity index (χ1v) is 4.51. The Morgan fingerprint density at radius 1 is 1.42 bits per heavy atom. The Morgan fingerprint density at radius 3 is 2.75 bits per heavy atom. The smallest absolute Gasteiger partial charge is 0.0684 e. The third-order valence-corrected chi connectivity index (χ3v) is 2.49.